The van der Waals surface area contributed by atoms with Gasteiger partial charge in [0.05, 0.1) is 12.7 Å². The number of aliphatic hydroxyl groups is 1. The zero-order valence-electron chi connectivity index (χ0n) is 10.8. The normalized spacial score (nSPS) is 12.8. The standard InChI is InChI=1S/C13H15F3O4/c1-2-19-12(18)8-7-10(17)9-5-3-4-6-11(9)20-13(14,15)16/h3-6,10,17H,2,7-8H2,1H3. The van der Waals surface area contributed by atoms with Crippen LogP contribution in [0.3, 0.4) is 0 Å². The first-order valence-corrected chi connectivity index (χ1v) is 6.02. The zero-order valence-corrected chi connectivity index (χ0v) is 10.8. The maximum atomic E-state index is 12.2. The van der Waals surface area contributed by atoms with Crippen LogP contribution in [0.2, 0.25) is 0 Å². The highest BCUT2D eigenvalue weighted by Crippen LogP contribution is 2.32. The highest BCUT2D eigenvalue weighted by Gasteiger charge is 2.32. The third kappa shape index (κ3) is 5.48. The van der Waals surface area contributed by atoms with Crippen LogP contribution < -0.4 is 4.74 Å². The number of carbonyl (C=O) groups excluding carboxylic acids is 1. The predicted octanol–water partition coefficient (Wildman–Crippen LogP) is 2.96. The van der Waals surface area contributed by atoms with Gasteiger partial charge < -0.3 is 14.6 Å². The molecule has 112 valence electrons. The lowest BCUT2D eigenvalue weighted by molar-refractivity contribution is -0.275. The average Bonchev–Trinajstić information content (AvgIpc) is 2.35. The predicted molar refractivity (Wildman–Crippen MR) is 64.0 cm³/mol. The largest absolute Gasteiger partial charge is 0.573 e. The molecule has 0 aromatic heterocycles. The third-order valence-corrected chi connectivity index (χ3v) is 2.43. The minimum atomic E-state index is -4.84. The SMILES string of the molecule is CCOC(=O)CCC(O)c1ccccc1OC(F)(F)F. The number of alkyl halides is 3. The number of hydrogen-bond donors (Lipinski definition) is 1. The van der Waals surface area contributed by atoms with E-state index in [9.17, 15) is 23.1 Å². The molecule has 1 atom stereocenters. The second kappa shape index (κ2) is 7.14. The van der Waals surface area contributed by atoms with E-state index in [1.54, 1.807) is 6.92 Å². The topological polar surface area (TPSA) is 55.8 Å². The number of carbonyl (C=O) groups is 1. The van der Waals surface area contributed by atoms with E-state index in [4.69, 9.17) is 0 Å². The minimum Gasteiger partial charge on any atom is -0.466 e. The molecule has 0 aliphatic rings. The van der Waals surface area contributed by atoms with Gasteiger partial charge in [-0.15, -0.1) is 13.2 Å². The van der Waals surface area contributed by atoms with Gasteiger partial charge in [-0.3, -0.25) is 4.79 Å². The summed E-state index contributed by atoms with van der Waals surface area (Å²) in [5.41, 5.74) is -0.0193. The van der Waals surface area contributed by atoms with Gasteiger partial charge in [-0.1, -0.05) is 18.2 Å². The van der Waals surface area contributed by atoms with Crippen molar-refractivity contribution in [2.24, 2.45) is 0 Å². The van der Waals surface area contributed by atoms with Crippen LogP contribution in [0.1, 0.15) is 31.4 Å². The fourth-order valence-corrected chi connectivity index (χ4v) is 1.62. The molecule has 1 aromatic carbocycles. The van der Waals surface area contributed by atoms with Gasteiger partial charge >= 0.3 is 12.3 Å². The van der Waals surface area contributed by atoms with E-state index < -0.39 is 24.2 Å². The molecule has 1 N–H and O–H groups in total. The van der Waals surface area contributed by atoms with Gasteiger partial charge in [0.15, 0.2) is 0 Å². The molecule has 1 aromatic rings. The summed E-state index contributed by atoms with van der Waals surface area (Å²) in [4.78, 5) is 11.1. The van der Waals surface area contributed by atoms with Crippen LogP contribution in [0.4, 0.5) is 13.2 Å². The Morgan fingerprint density at radius 2 is 2.00 bits per heavy atom. The summed E-state index contributed by atoms with van der Waals surface area (Å²) in [6.07, 6.45) is -6.21. The molecule has 0 fully saturated rings. The lowest BCUT2D eigenvalue weighted by atomic mass is 10.0. The van der Waals surface area contributed by atoms with Crippen LogP contribution in [0.15, 0.2) is 24.3 Å². The van der Waals surface area contributed by atoms with Crippen LogP contribution in [0, 0.1) is 0 Å². The number of benzene rings is 1. The van der Waals surface area contributed by atoms with E-state index in [2.05, 4.69) is 9.47 Å². The molecule has 7 heteroatoms. The lowest BCUT2D eigenvalue weighted by Gasteiger charge is -2.16. The summed E-state index contributed by atoms with van der Waals surface area (Å²) in [6, 6.07) is 5.27. The molecule has 0 spiro atoms. The number of rotatable bonds is 6. The Labute approximate surface area is 114 Å². The van der Waals surface area contributed by atoms with Crippen molar-refractivity contribution in [1.29, 1.82) is 0 Å². The zero-order chi connectivity index (χ0) is 15.2. The monoisotopic (exact) mass is 292 g/mol. The van der Waals surface area contributed by atoms with E-state index in [0.717, 1.165) is 6.07 Å². The second-order valence-electron chi connectivity index (χ2n) is 3.95. The van der Waals surface area contributed by atoms with Gasteiger partial charge in [0.1, 0.15) is 5.75 Å². The van der Waals surface area contributed by atoms with Crippen molar-refractivity contribution < 1.29 is 32.5 Å². The Bertz CT molecular complexity index is 445. The van der Waals surface area contributed by atoms with E-state index in [1.165, 1.54) is 18.2 Å². The fraction of sp³-hybridized carbons (Fsp3) is 0.462. The minimum absolute atomic E-state index is 0.0193. The first-order valence-electron chi connectivity index (χ1n) is 6.02. The Morgan fingerprint density at radius 1 is 1.35 bits per heavy atom. The molecular weight excluding hydrogens is 277 g/mol. The van der Waals surface area contributed by atoms with Crippen molar-refractivity contribution in [3.05, 3.63) is 29.8 Å². The van der Waals surface area contributed by atoms with E-state index in [1.807, 2.05) is 0 Å². The number of halogens is 3. The van der Waals surface area contributed by atoms with Gasteiger partial charge in [0, 0.05) is 12.0 Å². The maximum Gasteiger partial charge on any atom is 0.573 e. The first kappa shape index (κ1) is 16.3. The molecule has 0 heterocycles. The van der Waals surface area contributed by atoms with Gasteiger partial charge in [-0.25, -0.2) is 0 Å². The smallest absolute Gasteiger partial charge is 0.466 e. The van der Waals surface area contributed by atoms with Crippen LogP contribution in [-0.2, 0) is 9.53 Å². The highest BCUT2D eigenvalue weighted by atomic mass is 19.4. The van der Waals surface area contributed by atoms with Crippen molar-refractivity contribution in [2.45, 2.75) is 32.2 Å². The molecule has 20 heavy (non-hydrogen) atoms. The van der Waals surface area contributed by atoms with Crippen LogP contribution in [0.5, 0.6) is 5.75 Å². The summed E-state index contributed by atoms with van der Waals surface area (Å²) in [7, 11) is 0. The van der Waals surface area contributed by atoms with E-state index >= 15 is 0 Å². The third-order valence-electron chi connectivity index (χ3n) is 2.43. The van der Waals surface area contributed by atoms with Gasteiger partial charge in [0.2, 0.25) is 0 Å². The van der Waals surface area contributed by atoms with Gasteiger partial charge in [-0.05, 0) is 19.4 Å². The molecule has 0 saturated heterocycles. The van der Waals surface area contributed by atoms with Crippen molar-refractivity contribution in [3.8, 4) is 5.75 Å². The number of esters is 1. The molecule has 0 amide bonds. The van der Waals surface area contributed by atoms with Crippen LogP contribution in [-0.4, -0.2) is 24.0 Å². The number of para-hydroxylation sites is 1. The molecular formula is C13H15F3O4. The summed E-state index contributed by atoms with van der Waals surface area (Å²) in [5.74, 6) is -0.989. The molecule has 0 radical (unpaired) electrons. The Kier molecular flexibility index (Phi) is 5.82. The van der Waals surface area contributed by atoms with Crippen molar-refractivity contribution >= 4 is 5.97 Å². The van der Waals surface area contributed by atoms with E-state index in [0.29, 0.717) is 0 Å². The average molecular weight is 292 g/mol. The number of hydrogen-bond acceptors (Lipinski definition) is 4. The van der Waals surface area contributed by atoms with Crippen molar-refractivity contribution in [1.82, 2.24) is 0 Å². The second-order valence-corrected chi connectivity index (χ2v) is 3.95. The fourth-order valence-electron chi connectivity index (χ4n) is 1.62. The molecule has 0 saturated carbocycles. The molecule has 1 rings (SSSR count). The van der Waals surface area contributed by atoms with Crippen LogP contribution in [0.25, 0.3) is 0 Å². The Morgan fingerprint density at radius 3 is 2.60 bits per heavy atom. The number of aliphatic hydroxyl groups excluding tert-OH is 1. The van der Waals surface area contributed by atoms with Crippen LogP contribution >= 0.6 is 0 Å². The highest BCUT2D eigenvalue weighted by molar-refractivity contribution is 5.69. The Hall–Kier alpha value is -1.76. The molecule has 1 unspecified atom stereocenters. The quantitative estimate of drug-likeness (QED) is 0.819. The number of ether oxygens (including phenoxy) is 2. The lowest BCUT2D eigenvalue weighted by Crippen LogP contribution is -2.19. The summed E-state index contributed by atoms with van der Waals surface area (Å²) < 4.78 is 45.2. The molecule has 0 aliphatic heterocycles. The summed E-state index contributed by atoms with van der Waals surface area (Å²) in [6.45, 7) is 1.85. The van der Waals surface area contributed by atoms with Gasteiger partial charge in [0.25, 0.3) is 0 Å². The molecule has 0 aliphatic carbocycles. The van der Waals surface area contributed by atoms with E-state index in [-0.39, 0.29) is 25.0 Å². The molecule has 0 bridgehead atoms. The molecule has 4 nitrogen and oxygen atoms in total. The first-order chi connectivity index (χ1) is 9.33. The van der Waals surface area contributed by atoms with Gasteiger partial charge in [-0.2, -0.15) is 0 Å². The summed E-state index contributed by atoms with van der Waals surface area (Å²) in [5, 5.41) is 9.86. The summed E-state index contributed by atoms with van der Waals surface area (Å²) >= 11 is 0. The Balaban J connectivity index is 2.72. The maximum absolute atomic E-state index is 12.2. The van der Waals surface area contributed by atoms with Crippen molar-refractivity contribution in [2.75, 3.05) is 6.61 Å². The van der Waals surface area contributed by atoms with Crippen molar-refractivity contribution in [3.63, 3.8) is 0 Å².